The summed E-state index contributed by atoms with van der Waals surface area (Å²) < 4.78 is 0. The standard InChI is InChI=1S/C9H6BCl2NO3/c11-4-1-7(12)5-3-6(10(15)16)9(14)13-8(5)2-4/h1-3,15-16H,(H,13,14). The van der Waals surface area contributed by atoms with Crippen LogP contribution in [0.1, 0.15) is 0 Å². The van der Waals surface area contributed by atoms with Crippen molar-refractivity contribution in [3.05, 3.63) is 38.6 Å². The summed E-state index contributed by atoms with van der Waals surface area (Å²) in [7, 11) is -1.83. The molecule has 0 aliphatic rings. The maximum atomic E-state index is 11.4. The molecule has 0 unspecified atom stereocenters. The molecule has 0 aliphatic carbocycles. The summed E-state index contributed by atoms with van der Waals surface area (Å²) in [5, 5.41) is 19.2. The van der Waals surface area contributed by atoms with Crippen LogP contribution in [0.2, 0.25) is 10.0 Å². The topological polar surface area (TPSA) is 73.3 Å². The zero-order chi connectivity index (χ0) is 11.9. The molecule has 0 bridgehead atoms. The Morgan fingerprint density at radius 3 is 2.50 bits per heavy atom. The number of aromatic amines is 1. The average Bonchev–Trinajstić information content (AvgIpc) is 2.15. The van der Waals surface area contributed by atoms with Gasteiger partial charge in [0.2, 0.25) is 5.56 Å². The predicted molar refractivity (Wildman–Crippen MR) is 64.4 cm³/mol. The number of H-pyrrole nitrogens is 1. The van der Waals surface area contributed by atoms with E-state index in [-0.39, 0.29) is 5.46 Å². The van der Waals surface area contributed by atoms with Crippen molar-refractivity contribution in [1.82, 2.24) is 4.98 Å². The van der Waals surface area contributed by atoms with Gasteiger partial charge in [-0.1, -0.05) is 23.2 Å². The number of nitrogens with one attached hydrogen (secondary N) is 1. The second-order valence-corrected chi connectivity index (χ2v) is 4.12. The predicted octanol–water partition coefficient (Wildman–Crippen LogP) is 0.515. The quantitative estimate of drug-likeness (QED) is 0.652. The van der Waals surface area contributed by atoms with Crippen molar-refractivity contribution in [3.8, 4) is 0 Å². The summed E-state index contributed by atoms with van der Waals surface area (Å²) >= 11 is 11.7. The number of rotatable bonds is 1. The first-order valence-corrected chi connectivity index (χ1v) is 5.13. The molecule has 2 rings (SSSR count). The second kappa shape index (κ2) is 4.10. The molecule has 0 aliphatic heterocycles. The Morgan fingerprint density at radius 1 is 1.19 bits per heavy atom. The number of pyridine rings is 1. The number of hydrogen-bond acceptors (Lipinski definition) is 3. The zero-order valence-corrected chi connectivity index (χ0v) is 9.38. The summed E-state index contributed by atoms with van der Waals surface area (Å²) in [5.41, 5.74) is -0.288. The van der Waals surface area contributed by atoms with Crippen molar-refractivity contribution in [1.29, 1.82) is 0 Å². The van der Waals surface area contributed by atoms with Gasteiger partial charge in [-0.3, -0.25) is 4.79 Å². The molecule has 0 saturated heterocycles. The lowest BCUT2D eigenvalue weighted by atomic mass is 9.81. The molecule has 16 heavy (non-hydrogen) atoms. The minimum Gasteiger partial charge on any atom is -0.423 e. The van der Waals surface area contributed by atoms with E-state index in [1.807, 2.05) is 0 Å². The van der Waals surface area contributed by atoms with Gasteiger partial charge >= 0.3 is 7.12 Å². The molecular formula is C9H6BCl2NO3. The molecule has 0 atom stereocenters. The monoisotopic (exact) mass is 257 g/mol. The van der Waals surface area contributed by atoms with E-state index in [1.165, 1.54) is 18.2 Å². The SMILES string of the molecule is O=c1[nH]c2cc(Cl)cc(Cl)c2cc1B(O)O. The van der Waals surface area contributed by atoms with Crippen LogP contribution in [0.4, 0.5) is 0 Å². The lowest BCUT2D eigenvalue weighted by Gasteiger charge is -2.04. The third-order valence-corrected chi connectivity index (χ3v) is 2.71. The van der Waals surface area contributed by atoms with Gasteiger partial charge in [-0.05, 0) is 18.2 Å². The second-order valence-electron chi connectivity index (χ2n) is 3.28. The molecule has 1 heterocycles. The summed E-state index contributed by atoms with van der Waals surface area (Å²) in [4.78, 5) is 13.9. The number of halogens is 2. The van der Waals surface area contributed by atoms with E-state index in [1.54, 1.807) is 0 Å². The van der Waals surface area contributed by atoms with Crippen LogP contribution < -0.4 is 11.0 Å². The molecule has 0 radical (unpaired) electrons. The lowest BCUT2D eigenvalue weighted by molar-refractivity contribution is 0.425. The minimum absolute atomic E-state index is 0.156. The van der Waals surface area contributed by atoms with Gasteiger partial charge in [-0.2, -0.15) is 0 Å². The van der Waals surface area contributed by atoms with Crippen molar-refractivity contribution in [2.75, 3.05) is 0 Å². The number of hydrogen-bond donors (Lipinski definition) is 3. The van der Waals surface area contributed by atoms with Gasteiger partial charge in [0.15, 0.2) is 0 Å². The van der Waals surface area contributed by atoms with Gasteiger partial charge in [-0.15, -0.1) is 0 Å². The Labute approximate surface area is 101 Å². The summed E-state index contributed by atoms with van der Waals surface area (Å²) in [6, 6.07) is 4.38. The van der Waals surface area contributed by atoms with Crippen molar-refractivity contribution < 1.29 is 10.0 Å². The lowest BCUT2D eigenvalue weighted by Crippen LogP contribution is -2.42. The molecule has 0 spiro atoms. The van der Waals surface area contributed by atoms with Crippen molar-refractivity contribution in [3.63, 3.8) is 0 Å². The summed E-state index contributed by atoms with van der Waals surface area (Å²) in [6.07, 6.45) is 0. The third-order valence-electron chi connectivity index (χ3n) is 2.18. The molecule has 4 nitrogen and oxygen atoms in total. The van der Waals surface area contributed by atoms with E-state index in [4.69, 9.17) is 33.2 Å². The van der Waals surface area contributed by atoms with Crippen LogP contribution in [0.15, 0.2) is 23.0 Å². The van der Waals surface area contributed by atoms with Crippen LogP contribution in [0.3, 0.4) is 0 Å². The van der Waals surface area contributed by atoms with Gasteiger partial charge in [0.1, 0.15) is 0 Å². The fraction of sp³-hybridized carbons (Fsp3) is 0. The molecule has 1 aromatic carbocycles. The Bertz CT molecular complexity index is 611. The van der Waals surface area contributed by atoms with Gasteiger partial charge in [0.25, 0.3) is 0 Å². The first-order chi connectivity index (χ1) is 7.49. The highest BCUT2D eigenvalue weighted by Crippen LogP contribution is 2.25. The van der Waals surface area contributed by atoms with Crippen LogP contribution in [0.5, 0.6) is 0 Å². The van der Waals surface area contributed by atoms with Gasteiger partial charge in [-0.25, -0.2) is 0 Å². The average molecular weight is 258 g/mol. The zero-order valence-electron chi connectivity index (χ0n) is 7.87. The highest BCUT2D eigenvalue weighted by molar-refractivity contribution is 6.58. The van der Waals surface area contributed by atoms with Crippen LogP contribution in [0.25, 0.3) is 10.9 Å². The van der Waals surface area contributed by atoms with E-state index < -0.39 is 12.7 Å². The number of aromatic nitrogens is 1. The fourth-order valence-electron chi connectivity index (χ4n) is 1.44. The van der Waals surface area contributed by atoms with E-state index in [9.17, 15) is 4.79 Å². The first kappa shape index (κ1) is 11.5. The van der Waals surface area contributed by atoms with Crippen LogP contribution in [-0.2, 0) is 0 Å². The first-order valence-electron chi connectivity index (χ1n) is 4.37. The van der Waals surface area contributed by atoms with E-state index >= 15 is 0 Å². The smallest absolute Gasteiger partial charge is 0.423 e. The molecular weight excluding hydrogens is 252 g/mol. The maximum absolute atomic E-state index is 11.4. The van der Waals surface area contributed by atoms with Crippen molar-refractivity contribution >= 4 is 46.7 Å². The molecule has 0 fully saturated rings. The molecule has 3 N–H and O–H groups in total. The highest BCUT2D eigenvalue weighted by atomic mass is 35.5. The Balaban J connectivity index is 2.85. The third kappa shape index (κ3) is 1.95. The summed E-state index contributed by atoms with van der Waals surface area (Å²) in [5.74, 6) is 0. The Kier molecular flexibility index (Phi) is 2.94. The van der Waals surface area contributed by atoms with Crippen molar-refractivity contribution in [2.24, 2.45) is 0 Å². The molecule has 82 valence electrons. The Morgan fingerprint density at radius 2 is 1.88 bits per heavy atom. The van der Waals surface area contributed by atoms with Gasteiger partial charge < -0.3 is 15.0 Å². The van der Waals surface area contributed by atoms with Gasteiger partial charge in [0, 0.05) is 15.9 Å². The summed E-state index contributed by atoms with van der Waals surface area (Å²) in [6.45, 7) is 0. The largest absolute Gasteiger partial charge is 0.494 e. The Hall–Kier alpha value is -1.01. The number of benzene rings is 1. The fourth-order valence-corrected chi connectivity index (χ4v) is 1.99. The maximum Gasteiger partial charge on any atom is 0.494 e. The molecule has 7 heteroatoms. The van der Waals surface area contributed by atoms with Crippen molar-refractivity contribution in [2.45, 2.75) is 0 Å². The van der Waals surface area contributed by atoms with E-state index in [0.29, 0.717) is 20.9 Å². The minimum atomic E-state index is -1.83. The molecule has 2 aromatic rings. The normalized spacial score (nSPS) is 10.8. The van der Waals surface area contributed by atoms with Crippen LogP contribution >= 0.6 is 23.2 Å². The molecule has 0 amide bonds. The number of fused-ring (bicyclic) bond motifs is 1. The van der Waals surface area contributed by atoms with Crippen LogP contribution in [-0.4, -0.2) is 22.2 Å². The molecule has 0 saturated carbocycles. The van der Waals surface area contributed by atoms with Crippen LogP contribution in [0, 0.1) is 0 Å². The highest BCUT2D eigenvalue weighted by Gasteiger charge is 2.17. The molecule has 1 aromatic heterocycles. The van der Waals surface area contributed by atoms with E-state index in [0.717, 1.165) is 0 Å². The van der Waals surface area contributed by atoms with Gasteiger partial charge in [0.05, 0.1) is 10.5 Å². The van der Waals surface area contributed by atoms with E-state index in [2.05, 4.69) is 4.98 Å².